The predicted octanol–water partition coefficient (Wildman–Crippen LogP) is 4.15. The molecule has 4 rings (SSSR count). The summed E-state index contributed by atoms with van der Waals surface area (Å²) in [5.74, 6) is -0.533. The number of unbranched alkanes of at least 4 members (excludes halogenated alkanes) is 4. The highest BCUT2D eigenvalue weighted by molar-refractivity contribution is 6.04. The Hall–Kier alpha value is -2.83. The number of imide groups is 1. The third-order valence-electron chi connectivity index (χ3n) is 6.86. The van der Waals surface area contributed by atoms with Crippen molar-refractivity contribution in [3.8, 4) is 5.75 Å². The Morgan fingerprint density at radius 1 is 0.970 bits per heavy atom. The van der Waals surface area contributed by atoms with Crippen LogP contribution in [0.2, 0.25) is 0 Å². The molecule has 1 aromatic carbocycles. The highest BCUT2D eigenvalue weighted by Crippen LogP contribution is 2.47. The SMILES string of the molecule is CCCCCCCOc1ccc(C2C3=C(CC(C)(C)CC3=O)NC3NC(=O)NC(=O)C32)cc1. The van der Waals surface area contributed by atoms with Gasteiger partial charge < -0.3 is 15.4 Å². The highest BCUT2D eigenvalue weighted by atomic mass is 16.5. The van der Waals surface area contributed by atoms with E-state index in [0.29, 0.717) is 25.0 Å². The van der Waals surface area contributed by atoms with Crippen molar-refractivity contribution in [1.82, 2.24) is 16.0 Å². The molecule has 7 heteroatoms. The number of hydrogen-bond acceptors (Lipinski definition) is 5. The van der Waals surface area contributed by atoms with Gasteiger partial charge in [-0.05, 0) is 36.0 Å². The third kappa shape index (κ3) is 5.07. The molecular weight excluding hydrogens is 418 g/mol. The van der Waals surface area contributed by atoms with E-state index in [2.05, 4.69) is 36.7 Å². The van der Waals surface area contributed by atoms with Crippen LogP contribution >= 0.6 is 0 Å². The van der Waals surface area contributed by atoms with E-state index in [1.165, 1.54) is 25.7 Å². The maximum atomic E-state index is 13.2. The summed E-state index contributed by atoms with van der Waals surface area (Å²) in [4.78, 5) is 38.1. The van der Waals surface area contributed by atoms with Gasteiger partial charge in [-0.25, -0.2) is 4.79 Å². The minimum absolute atomic E-state index is 0.0642. The van der Waals surface area contributed by atoms with Crippen molar-refractivity contribution in [2.75, 3.05) is 6.61 Å². The molecule has 0 saturated carbocycles. The second-order valence-corrected chi connectivity index (χ2v) is 10.3. The molecule has 0 aromatic heterocycles. The van der Waals surface area contributed by atoms with Crippen LogP contribution in [0.4, 0.5) is 4.79 Å². The van der Waals surface area contributed by atoms with E-state index in [1.807, 2.05) is 24.3 Å². The van der Waals surface area contributed by atoms with Crippen LogP contribution in [0.1, 0.15) is 77.2 Å². The summed E-state index contributed by atoms with van der Waals surface area (Å²) in [5.41, 5.74) is 2.22. The molecule has 1 saturated heterocycles. The van der Waals surface area contributed by atoms with Gasteiger partial charge in [0, 0.05) is 23.6 Å². The van der Waals surface area contributed by atoms with E-state index in [-0.39, 0.29) is 17.1 Å². The molecule has 0 radical (unpaired) electrons. The summed E-state index contributed by atoms with van der Waals surface area (Å²) < 4.78 is 5.90. The summed E-state index contributed by atoms with van der Waals surface area (Å²) in [6, 6.07) is 7.20. The number of allylic oxidation sites excluding steroid dienone is 2. The number of rotatable bonds is 8. The average molecular weight is 454 g/mol. The Balaban J connectivity index is 1.57. The Labute approximate surface area is 195 Å². The number of carbonyl (C=O) groups excluding carboxylic acids is 3. The number of amides is 3. The van der Waals surface area contributed by atoms with Crippen LogP contribution in [0.15, 0.2) is 35.5 Å². The fraction of sp³-hybridized carbons (Fsp3) is 0.577. The lowest BCUT2D eigenvalue weighted by atomic mass is 9.66. The van der Waals surface area contributed by atoms with Gasteiger partial charge in [-0.1, -0.05) is 58.6 Å². The molecule has 178 valence electrons. The zero-order valence-corrected chi connectivity index (χ0v) is 19.8. The molecule has 1 aromatic rings. The van der Waals surface area contributed by atoms with E-state index < -0.39 is 24.0 Å². The van der Waals surface area contributed by atoms with Crippen molar-refractivity contribution in [2.24, 2.45) is 11.3 Å². The first kappa shape index (κ1) is 23.3. The van der Waals surface area contributed by atoms with E-state index >= 15 is 0 Å². The molecule has 2 heterocycles. The van der Waals surface area contributed by atoms with Gasteiger partial charge in [0.25, 0.3) is 0 Å². The number of hydrogen-bond donors (Lipinski definition) is 3. The highest BCUT2D eigenvalue weighted by Gasteiger charge is 2.50. The third-order valence-corrected chi connectivity index (χ3v) is 6.86. The van der Waals surface area contributed by atoms with Crippen LogP contribution in [0.3, 0.4) is 0 Å². The quantitative estimate of drug-likeness (QED) is 0.514. The number of urea groups is 1. The van der Waals surface area contributed by atoms with Crippen molar-refractivity contribution in [3.05, 3.63) is 41.1 Å². The largest absolute Gasteiger partial charge is 0.494 e. The van der Waals surface area contributed by atoms with Gasteiger partial charge in [0.1, 0.15) is 11.9 Å². The first-order chi connectivity index (χ1) is 15.8. The molecule has 3 unspecified atom stereocenters. The average Bonchev–Trinajstić information content (AvgIpc) is 2.74. The van der Waals surface area contributed by atoms with E-state index in [4.69, 9.17) is 4.74 Å². The first-order valence-corrected chi connectivity index (χ1v) is 12.2. The van der Waals surface area contributed by atoms with Gasteiger partial charge in [-0.2, -0.15) is 0 Å². The van der Waals surface area contributed by atoms with Crippen LogP contribution < -0.4 is 20.7 Å². The normalized spacial score (nSPS) is 26.0. The lowest BCUT2D eigenvalue weighted by Crippen LogP contribution is -2.66. The van der Waals surface area contributed by atoms with E-state index in [9.17, 15) is 14.4 Å². The van der Waals surface area contributed by atoms with E-state index in [0.717, 1.165) is 23.4 Å². The number of ketones is 1. The summed E-state index contributed by atoms with van der Waals surface area (Å²) in [6.07, 6.45) is 6.50. The molecule has 3 aliphatic rings. The molecule has 1 aliphatic carbocycles. The van der Waals surface area contributed by atoms with Crippen molar-refractivity contribution in [2.45, 2.75) is 77.8 Å². The summed E-state index contributed by atoms with van der Waals surface area (Å²) >= 11 is 0. The molecule has 2 aliphatic heterocycles. The Morgan fingerprint density at radius 3 is 2.42 bits per heavy atom. The maximum absolute atomic E-state index is 13.2. The summed E-state index contributed by atoms with van der Waals surface area (Å²) in [6.45, 7) is 7.02. The Kier molecular flexibility index (Phi) is 6.77. The molecule has 33 heavy (non-hydrogen) atoms. The molecule has 0 bridgehead atoms. The van der Waals surface area contributed by atoms with Gasteiger partial charge in [0.05, 0.1) is 12.5 Å². The second-order valence-electron chi connectivity index (χ2n) is 10.3. The lowest BCUT2D eigenvalue weighted by Gasteiger charge is -2.46. The van der Waals surface area contributed by atoms with Gasteiger partial charge in [0.15, 0.2) is 5.78 Å². The van der Waals surface area contributed by atoms with Crippen LogP contribution in [0, 0.1) is 11.3 Å². The van der Waals surface area contributed by atoms with Crippen LogP contribution in [0.5, 0.6) is 5.75 Å². The minimum Gasteiger partial charge on any atom is -0.494 e. The van der Waals surface area contributed by atoms with Crippen molar-refractivity contribution in [3.63, 3.8) is 0 Å². The first-order valence-electron chi connectivity index (χ1n) is 12.2. The summed E-state index contributed by atoms with van der Waals surface area (Å²) in [7, 11) is 0. The van der Waals surface area contributed by atoms with Crippen LogP contribution in [0.25, 0.3) is 0 Å². The van der Waals surface area contributed by atoms with Crippen LogP contribution in [-0.2, 0) is 9.59 Å². The zero-order chi connectivity index (χ0) is 23.6. The topological polar surface area (TPSA) is 96.5 Å². The number of benzene rings is 1. The molecular formula is C26H35N3O4. The van der Waals surface area contributed by atoms with Crippen molar-refractivity contribution in [1.29, 1.82) is 0 Å². The number of ether oxygens (including phenoxy) is 1. The number of fused-ring (bicyclic) bond motifs is 1. The van der Waals surface area contributed by atoms with Crippen molar-refractivity contribution < 1.29 is 19.1 Å². The van der Waals surface area contributed by atoms with Gasteiger partial charge >= 0.3 is 6.03 Å². The molecule has 3 atom stereocenters. The number of Topliss-reactive ketones (excluding diaryl/α,β-unsaturated/α-hetero) is 1. The molecule has 3 amide bonds. The molecule has 7 nitrogen and oxygen atoms in total. The molecule has 1 fully saturated rings. The second kappa shape index (κ2) is 9.57. The van der Waals surface area contributed by atoms with Gasteiger partial charge in [0.2, 0.25) is 5.91 Å². The standard InChI is InChI=1S/C26H35N3O4/c1-4-5-6-7-8-13-33-17-11-9-16(10-12-17)20-21-18(14-26(2,3)15-19(21)30)27-23-22(20)24(31)29-25(32)28-23/h9-12,20,22-23,27H,4-8,13-15H2,1-3H3,(H2,28,29,31,32). The minimum atomic E-state index is -0.600. The van der Waals surface area contributed by atoms with E-state index in [1.54, 1.807) is 0 Å². The summed E-state index contributed by atoms with van der Waals surface area (Å²) in [5, 5.41) is 8.51. The maximum Gasteiger partial charge on any atom is 0.323 e. The van der Waals surface area contributed by atoms with Gasteiger partial charge in [-0.3, -0.25) is 14.9 Å². The fourth-order valence-electron chi connectivity index (χ4n) is 5.32. The number of nitrogens with one attached hydrogen (secondary N) is 3. The predicted molar refractivity (Wildman–Crippen MR) is 126 cm³/mol. The lowest BCUT2D eigenvalue weighted by molar-refractivity contribution is -0.127. The Bertz CT molecular complexity index is 951. The Morgan fingerprint density at radius 2 is 1.70 bits per heavy atom. The number of carbonyl (C=O) groups is 3. The molecule has 0 spiro atoms. The zero-order valence-electron chi connectivity index (χ0n) is 19.8. The van der Waals surface area contributed by atoms with Crippen molar-refractivity contribution >= 4 is 17.7 Å². The van der Waals surface area contributed by atoms with Gasteiger partial charge in [-0.15, -0.1) is 0 Å². The molecule has 3 N–H and O–H groups in total. The monoisotopic (exact) mass is 453 g/mol. The fourth-order valence-corrected chi connectivity index (χ4v) is 5.32. The smallest absolute Gasteiger partial charge is 0.323 e. The van der Waals surface area contributed by atoms with Crippen LogP contribution in [-0.4, -0.2) is 30.5 Å².